The fourth-order valence-electron chi connectivity index (χ4n) is 0.880. The van der Waals surface area contributed by atoms with E-state index in [4.69, 9.17) is 0 Å². The molecule has 0 aromatic heterocycles. The second-order valence-electron chi connectivity index (χ2n) is 2.99. The van der Waals surface area contributed by atoms with E-state index in [9.17, 15) is 4.79 Å². The molecule has 0 aliphatic heterocycles. The molecular formula is C7H11O2. The molecule has 1 radical (unpaired) electrons. The number of rotatable bonds is 1. The van der Waals surface area contributed by atoms with Gasteiger partial charge in [-0.25, -0.2) is 0 Å². The van der Waals surface area contributed by atoms with Gasteiger partial charge >= 0.3 is 5.97 Å². The van der Waals surface area contributed by atoms with Crippen molar-refractivity contribution in [1.29, 1.82) is 0 Å². The molecule has 0 bridgehead atoms. The van der Waals surface area contributed by atoms with Crippen molar-refractivity contribution in [3.63, 3.8) is 0 Å². The highest BCUT2D eigenvalue weighted by Crippen LogP contribution is 2.50. The van der Waals surface area contributed by atoms with Crippen molar-refractivity contribution in [3.05, 3.63) is 6.42 Å². The van der Waals surface area contributed by atoms with Gasteiger partial charge in [0.2, 0.25) is 0 Å². The summed E-state index contributed by atoms with van der Waals surface area (Å²) in [5.74, 6) is -0.0671. The molecule has 0 saturated heterocycles. The molecule has 1 aliphatic carbocycles. The first-order valence-electron chi connectivity index (χ1n) is 3.02. The molecule has 1 fully saturated rings. The fraction of sp³-hybridized carbons (Fsp3) is 0.714. The molecule has 1 saturated carbocycles. The van der Waals surface area contributed by atoms with Crippen LogP contribution < -0.4 is 0 Å². The van der Waals surface area contributed by atoms with Crippen molar-refractivity contribution in [2.24, 2.45) is 11.3 Å². The van der Waals surface area contributed by atoms with Crippen LogP contribution in [0, 0.1) is 17.8 Å². The van der Waals surface area contributed by atoms with Crippen molar-refractivity contribution < 1.29 is 9.53 Å². The highest BCUT2D eigenvalue weighted by Gasteiger charge is 2.51. The van der Waals surface area contributed by atoms with Crippen LogP contribution in [0.3, 0.4) is 0 Å². The van der Waals surface area contributed by atoms with E-state index in [1.54, 1.807) is 0 Å². The lowest BCUT2D eigenvalue weighted by Gasteiger charge is -1.98. The Hall–Kier alpha value is -0.530. The third-order valence-corrected chi connectivity index (χ3v) is 1.74. The van der Waals surface area contributed by atoms with Gasteiger partial charge in [-0.3, -0.25) is 4.79 Å². The average molecular weight is 127 g/mol. The van der Waals surface area contributed by atoms with Gasteiger partial charge in [-0.1, -0.05) is 13.8 Å². The molecule has 1 aliphatic rings. The Morgan fingerprint density at radius 2 is 2.11 bits per heavy atom. The molecule has 0 amide bonds. The Balaban J connectivity index is 2.42. The molecule has 0 heterocycles. The molecule has 1 rings (SSSR count). The minimum absolute atomic E-state index is 0.0440. The molecule has 1 atom stereocenters. The van der Waals surface area contributed by atoms with Crippen LogP contribution in [-0.2, 0) is 9.53 Å². The zero-order chi connectivity index (χ0) is 7.07. The second kappa shape index (κ2) is 1.72. The van der Waals surface area contributed by atoms with Crippen LogP contribution in [-0.4, -0.2) is 13.1 Å². The fourth-order valence-corrected chi connectivity index (χ4v) is 0.880. The maximum Gasteiger partial charge on any atom is 0.309 e. The molecule has 2 nitrogen and oxygen atoms in total. The Bertz CT molecular complexity index is 138. The van der Waals surface area contributed by atoms with Crippen LogP contribution in [0.5, 0.6) is 0 Å². The quantitative estimate of drug-likeness (QED) is 0.491. The summed E-state index contributed by atoms with van der Waals surface area (Å²) in [6, 6.07) is 0. The van der Waals surface area contributed by atoms with E-state index in [2.05, 4.69) is 4.74 Å². The SMILES string of the molecule is COC(=O)C1[CH]C1(C)C. The van der Waals surface area contributed by atoms with Crippen molar-refractivity contribution in [1.82, 2.24) is 0 Å². The van der Waals surface area contributed by atoms with Crippen LogP contribution in [0.4, 0.5) is 0 Å². The molecule has 51 valence electrons. The zero-order valence-electron chi connectivity index (χ0n) is 5.97. The molecule has 9 heavy (non-hydrogen) atoms. The van der Waals surface area contributed by atoms with Gasteiger partial charge in [0.05, 0.1) is 13.0 Å². The summed E-state index contributed by atoms with van der Waals surface area (Å²) < 4.78 is 4.54. The second-order valence-corrected chi connectivity index (χ2v) is 2.99. The van der Waals surface area contributed by atoms with Crippen LogP contribution in [0.15, 0.2) is 0 Å². The predicted molar refractivity (Wildman–Crippen MR) is 33.6 cm³/mol. The molecule has 0 spiro atoms. The summed E-state index contributed by atoms with van der Waals surface area (Å²) >= 11 is 0. The number of hydrogen-bond donors (Lipinski definition) is 0. The highest BCUT2D eigenvalue weighted by atomic mass is 16.5. The first-order valence-corrected chi connectivity index (χ1v) is 3.02. The van der Waals surface area contributed by atoms with Gasteiger partial charge in [0.1, 0.15) is 0 Å². The topological polar surface area (TPSA) is 26.3 Å². The lowest BCUT2D eigenvalue weighted by molar-refractivity contribution is -0.142. The molecule has 0 aromatic rings. The highest BCUT2D eigenvalue weighted by molar-refractivity contribution is 5.79. The molecule has 0 aromatic carbocycles. The first kappa shape index (κ1) is 6.59. The van der Waals surface area contributed by atoms with E-state index >= 15 is 0 Å². The van der Waals surface area contributed by atoms with Crippen molar-refractivity contribution in [2.45, 2.75) is 13.8 Å². The maximum atomic E-state index is 10.7. The number of carbonyl (C=O) groups is 1. The Labute approximate surface area is 55.2 Å². The number of hydrogen-bond acceptors (Lipinski definition) is 2. The summed E-state index contributed by atoms with van der Waals surface area (Å²) in [6.07, 6.45) is 1.98. The number of esters is 1. The van der Waals surface area contributed by atoms with Crippen molar-refractivity contribution in [2.75, 3.05) is 7.11 Å². The van der Waals surface area contributed by atoms with Gasteiger partial charge in [0.25, 0.3) is 0 Å². The average Bonchev–Trinajstić information content (AvgIpc) is 2.38. The van der Waals surface area contributed by atoms with Crippen LogP contribution >= 0.6 is 0 Å². The monoisotopic (exact) mass is 127 g/mol. The van der Waals surface area contributed by atoms with Gasteiger partial charge < -0.3 is 4.74 Å². The number of methoxy groups -OCH3 is 1. The summed E-state index contributed by atoms with van der Waals surface area (Å²) in [5.41, 5.74) is 0.0904. The van der Waals surface area contributed by atoms with E-state index in [0.717, 1.165) is 0 Å². The third-order valence-electron chi connectivity index (χ3n) is 1.74. The summed E-state index contributed by atoms with van der Waals surface area (Å²) in [4.78, 5) is 10.7. The predicted octanol–water partition coefficient (Wildman–Crippen LogP) is 1.02. The lowest BCUT2D eigenvalue weighted by atomic mass is 10.1. The van der Waals surface area contributed by atoms with Gasteiger partial charge in [0, 0.05) is 0 Å². The van der Waals surface area contributed by atoms with Gasteiger partial charge in [-0.2, -0.15) is 0 Å². The lowest BCUT2D eigenvalue weighted by Crippen LogP contribution is -2.06. The van der Waals surface area contributed by atoms with Crippen LogP contribution in [0.2, 0.25) is 0 Å². The normalized spacial score (nSPS) is 29.4. The standard InChI is InChI=1S/C7H11O2/c1-7(2)4-5(7)6(8)9-3/h4-5H,1-3H3. The largest absolute Gasteiger partial charge is 0.469 e. The maximum absolute atomic E-state index is 10.7. The van der Waals surface area contributed by atoms with E-state index < -0.39 is 0 Å². The van der Waals surface area contributed by atoms with Crippen LogP contribution in [0.25, 0.3) is 0 Å². The van der Waals surface area contributed by atoms with E-state index in [1.807, 2.05) is 20.3 Å². The van der Waals surface area contributed by atoms with Crippen molar-refractivity contribution >= 4 is 5.97 Å². The summed E-state index contributed by atoms with van der Waals surface area (Å²) in [7, 11) is 1.42. The number of ether oxygens (including phenoxy) is 1. The first-order chi connectivity index (χ1) is 4.08. The molecular weight excluding hydrogens is 116 g/mol. The molecule has 1 unspecified atom stereocenters. The van der Waals surface area contributed by atoms with Gasteiger partial charge in [0.15, 0.2) is 0 Å². The number of carbonyl (C=O) groups excluding carboxylic acids is 1. The smallest absolute Gasteiger partial charge is 0.309 e. The molecule has 2 heteroatoms. The van der Waals surface area contributed by atoms with Crippen molar-refractivity contribution in [3.8, 4) is 0 Å². The Morgan fingerprint density at radius 3 is 2.22 bits per heavy atom. The minimum Gasteiger partial charge on any atom is -0.469 e. The molecule has 0 N–H and O–H groups in total. The third kappa shape index (κ3) is 1.07. The van der Waals surface area contributed by atoms with E-state index in [0.29, 0.717) is 0 Å². The van der Waals surface area contributed by atoms with E-state index in [-0.39, 0.29) is 17.3 Å². The minimum atomic E-state index is -0.111. The zero-order valence-corrected chi connectivity index (χ0v) is 5.97. The van der Waals surface area contributed by atoms with Gasteiger partial charge in [-0.05, 0) is 11.8 Å². The summed E-state index contributed by atoms with van der Waals surface area (Å²) in [6.45, 7) is 4.04. The Kier molecular flexibility index (Phi) is 1.26. The summed E-state index contributed by atoms with van der Waals surface area (Å²) in [5, 5.41) is 0. The van der Waals surface area contributed by atoms with Gasteiger partial charge in [-0.15, -0.1) is 0 Å². The van der Waals surface area contributed by atoms with Crippen LogP contribution in [0.1, 0.15) is 13.8 Å². The Morgan fingerprint density at radius 1 is 1.67 bits per heavy atom. The van der Waals surface area contributed by atoms with E-state index in [1.165, 1.54) is 7.11 Å².